The van der Waals surface area contributed by atoms with E-state index in [1.165, 1.54) is 5.56 Å². The van der Waals surface area contributed by atoms with Crippen molar-refractivity contribution in [3.63, 3.8) is 0 Å². The van der Waals surface area contributed by atoms with Gasteiger partial charge < -0.3 is 5.32 Å². The highest BCUT2D eigenvalue weighted by Gasteiger charge is 2.35. The number of rotatable bonds is 4. The van der Waals surface area contributed by atoms with E-state index in [1.807, 2.05) is 42.5 Å². The fourth-order valence-electron chi connectivity index (χ4n) is 3.13. The summed E-state index contributed by atoms with van der Waals surface area (Å²) in [6.07, 6.45) is 5.15. The lowest BCUT2D eigenvalue weighted by Crippen LogP contribution is -2.33. The first-order chi connectivity index (χ1) is 12.2. The summed E-state index contributed by atoms with van der Waals surface area (Å²) >= 11 is 5.92. The Morgan fingerprint density at radius 3 is 2.56 bits per heavy atom. The van der Waals surface area contributed by atoms with Crippen molar-refractivity contribution in [3.8, 4) is 11.3 Å². The molecule has 5 nitrogen and oxygen atoms in total. The highest BCUT2D eigenvalue weighted by atomic mass is 35.5. The Kier molecular flexibility index (Phi) is 4.24. The van der Waals surface area contributed by atoms with Gasteiger partial charge >= 0.3 is 0 Å². The third-order valence-electron chi connectivity index (χ3n) is 4.66. The van der Waals surface area contributed by atoms with Crippen LogP contribution in [0.5, 0.6) is 0 Å². The molecule has 0 spiro atoms. The molecule has 6 heteroatoms. The summed E-state index contributed by atoms with van der Waals surface area (Å²) in [7, 11) is 0. The maximum Gasteiger partial charge on any atom is 0.228 e. The zero-order valence-corrected chi connectivity index (χ0v) is 14.2. The normalized spacial score (nSPS) is 19.2. The zero-order valence-electron chi connectivity index (χ0n) is 13.4. The van der Waals surface area contributed by atoms with Gasteiger partial charge in [0.15, 0.2) is 0 Å². The van der Waals surface area contributed by atoms with Crippen molar-refractivity contribution in [2.45, 2.75) is 18.8 Å². The molecular weight excluding hydrogens is 336 g/mol. The van der Waals surface area contributed by atoms with Gasteiger partial charge in [-0.05, 0) is 48.6 Å². The second-order valence-electron chi connectivity index (χ2n) is 6.31. The Bertz CT molecular complexity index is 870. The molecule has 126 valence electrons. The lowest BCUT2D eigenvalue weighted by molar-refractivity contribution is -0.122. The molecule has 1 aromatic carbocycles. The standard InChI is InChI=1S/C19H17ClN4O/c20-16-3-1-12(2-4-16)14-9-15(10-14)19(25)22-18-11-17(23-24-18)13-5-7-21-8-6-13/h1-8,11,14-15H,9-10H2,(H2,22,23,24,25)/t14-,15-. The Balaban J connectivity index is 1.34. The first kappa shape index (κ1) is 15.8. The van der Waals surface area contributed by atoms with E-state index in [0.29, 0.717) is 11.7 Å². The summed E-state index contributed by atoms with van der Waals surface area (Å²) in [5.41, 5.74) is 2.98. The number of carbonyl (C=O) groups is 1. The number of pyridine rings is 1. The number of carbonyl (C=O) groups excluding carboxylic acids is 1. The molecule has 0 unspecified atom stereocenters. The third-order valence-corrected chi connectivity index (χ3v) is 4.91. The van der Waals surface area contributed by atoms with Crippen molar-refractivity contribution in [1.29, 1.82) is 0 Å². The van der Waals surface area contributed by atoms with Gasteiger partial charge in [0, 0.05) is 35.0 Å². The van der Waals surface area contributed by atoms with Crippen LogP contribution < -0.4 is 5.32 Å². The van der Waals surface area contributed by atoms with E-state index in [2.05, 4.69) is 20.5 Å². The van der Waals surface area contributed by atoms with Gasteiger partial charge in [0.25, 0.3) is 0 Å². The molecule has 2 N–H and O–H groups in total. The summed E-state index contributed by atoms with van der Waals surface area (Å²) in [5, 5.41) is 10.8. The second kappa shape index (κ2) is 6.69. The molecule has 1 fully saturated rings. The molecule has 0 saturated heterocycles. The molecule has 3 aromatic rings. The van der Waals surface area contributed by atoms with Crippen molar-refractivity contribution in [2.24, 2.45) is 5.92 Å². The summed E-state index contributed by atoms with van der Waals surface area (Å²) in [4.78, 5) is 16.4. The lowest BCUT2D eigenvalue weighted by atomic mass is 9.71. The van der Waals surface area contributed by atoms with E-state index in [1.54, 1.807) is 12.4 Å². The minimum Gasteiger partial charge on any atom is -0.311 e. The van der Waals surface area contributed by atoms with E-state index in [-0.39, 0.29) is 11.8 Å². The number of nitrogens with one attached hydrogen (secondary N) is 2. The molecule has 0 atom stereocenters. The van der Waals surface area contributed by atoms with Crippen molar-refractivity contribution in [2.75, 3.05) is 5.32 Å². The van der Waals surface area contributed by atoms with E-state index in [0.717, 1.165) is 29.1 Å². The largest absolute Gasteiger partial charge is 0.311 e. The van der Waals surface area contributed by atoms with Crippen LogP contribution in [0.3, 0.4) is 0 Å². The molecule has 25 heavy (non-hydrogen) atoms. The van der Waals surface area contributed by atoms with Crippen LogP contribution in [0.1, 0.15) is 24.3 Å². The Labute approximate surface area is 150 Å². The van der Waals surface area contributed by atoms with Crippen LogP contribution in [-0.4, -0.2) is 21.1 Å². The van der Waals surface area contributed by atoms with Gasteiger partial charge in [-0.3, -0.25) is 14.9 Å². The zero-order chi connectivity index (χ0) is 17.2. The maximum absolute atomic E-state index is 12.4. The minimum absolute atomic E-state index is 0.0355. The average Bonchev–Trinajstić information content (AvgIpc) is 3.04. The molecule has 1 aliphatic carbocycles. The molecule has 1 saturated carbocycles. The van der Waals surface area contributed by atoms with Crippen molar-refractivity contribution in [1.82, 2.24) is 15.2 Å². The molecule has 2 aromatic heterocycles. The highest BCUT2D eigenvalue weighted by molar-refractivity contribution is 6.30. The number of amides is 1. The van der Waals surface area contributed by atoms with Gasteiger partial charge in [-0.1, -0.05) is 23.7 Å². The number of aromatic nitrogens is 3. The fraction of sp³-hybridized carbons (Fsp3) is 0.211. The number of aromatic amines is 1. The monoisotopic (exact) mass is 352 g/mol. The fourth-order valence-corrected chi connectivity index (χ4v) is 3.26. The van der Waals surface area contributed by atoms with Gasteiger partial charge in [0.05, 0.1) is 5.69 Å². The van der Waals surface area contributed by atoms with Crippen molar-refractivity contribution >= 4 is 23.3 Å². The molecular formula is C19H17ClN4O. The van der Waals surface area contributed by atoms with E-state index in [9.17, 15) is 4.79 Å². The predicted octanol–water partition coefficient (Wildman–Crippen LogP) is 4.26. The number of nitrogens with zero attached hydrogens (tertiary/aromatic N) is 2. The van der Waals surface area contributed by atoms with Crippen LogP contribution >= 0.6 is 11.6 Å². The highest BCUT2D eigenvalue weighted by Crippen LogP contribution is 2.42. The van der Waals surface area contributed by atoms with Gasteiger partial charge in [0.1, 0.15) is 5.82 Å². The SMILES string of the molecule is O=C(Nc1cc(-c2ccncc2)n[nH]1)[C@H]1C[C@H](c2ccc(Cl)cc2)C1. The average molecular weight is 353 g/mol. The Hall–Kier alpha value is -2.66. The van der Waals surface area contributed by atoms with Gasteiger partial charge in [-0.15, -0.1) is 0 Å². The maximum atomic E-state index is 12.4. The summed E-state index contributed by atoms with van der Waals surface area (Å²) < 4.78 is 0. The van der Waals surface area contributed by atoms with E-state index in [4.69, 9.17) is 11.6 Å². The molecule has 1 aliphatic rings. The van der Waals surface area contributed by atoms with Crippen LogP contribution in [-0.2, 0) is 4.79 Å². The van der Waals surface area contributed by atoms with Crippen LogP contribution in [0.15, 0.2) is 54.9 Å². The smallest absolute Gasteiger partial charge is 0.228 e. The molecule has 0 aliphatic heterocycles. The first-order valence-corrected chi connectivity index (χ1v) is 8.59. The number of benzene rings is 1. The van der Waals surface area contributed by atoms with E-state index < -0.39 is 0 Å². The van der Waals surface area contributed by atoms with Crippen LogP contribution in [0.25, 0.3) is 11.3 Å². The molecule has 2 heterocycles. The van der Waals surface area contributed by atoms with E-state index >= 15 is 0 Å². The Morgan fingerprint density at radius 1 is 1.12 bits per heavy atom. The molecule has 4 rings (SSSR count). The predicted molar refractivity (Wildman–Crippen MR) is 97.4 cm³/mol. The number of anilines is 1. The van der Waals surface area contributed by atoms with Crippen molar-refractivity contribution in [3.05, 3.63) is 65.4 Å². The molecule has 0 radical (unpaired) electrons. The summed E-state index contributed by atoms with van der Waals surface area (Å²) in [5.74, 6) is 1.12. The first-order valence-electron chi connectivity index (χ1n) is 8.21. The number of halogens is 1. The third kappa shape index (κ3) is 3.42. The molecule has 0 bridgehead atoms. The van der Waals surface area contributed by atoms with Crippen LogP contribution in [0.2, 0.25) is 5.02 Å². The second-order valence-corrected chi connectivity index (χ2v) is 6.75. The van der Waals surface area contributed by atoms with Gasteiger partial charge in [-0.25, -0.2) is 0 Å². The van der Waals surface area contributed by atoms with Crippen LogP contribution in [0.4, 0.5) is 5.82 Å². The lowest BCUT2D eigenvalue weighted by Gasteiger charge is -2.34. The van der Waals surface area contributed by atoms with Crippen LogP contribution in [0, 0.1) is 5.92 Å². The minimum atomic E-state index is 0.0355. The summed E-state index contributed by atoms with van der Waals surface area (Å²) in [6, 6.07) is 13.5. The quantitative estimate of drug-likeness (QED) is 0.737. The van der Waals surface area contributed by atoms with Gasteiger partial charge in [-0.2, -0.15) is 5.10 Å². The topological polar surface area (TPSA) is 70.7 Å². The van der Waals surface area contributed by atoms with Gasteiger partial charge in [0.2, 0.25) is 5.91 Å². The number of H-pyrrole nitrogens is 1. The van der Waals surface area contributed by atoms with Crippen molar-refractivity contribution < 1.29 is 4.79 Å². The number of hydrogen-bond acceptors (Lipinski definition) is 3. The number of hydrogen-bond donors (Lipinski definition) is 2. The molecule has 1 amide bonds. The Morgan fingerprint density at radius 2 is 1.84 bits per heavy atom. The summed E-state index contributed by atoms with van der Waals surface area (Å²) in [6.45, 7) is 0.